The molecule has 1 saturated carbocycles. The van der Waals surface area contributed by atoms with Gasteiger partial charge in [-0.05, 0) is 19.8 Å². The lowest BCUT2D eigenvalue weighted by Gasteiger charge is -2.24. The summed E-state index contributed by atoms with van der Waals surface area (Å²) in [4.78, 5) is 28.5. The number of pyridine rings is 1. The van der Waals surface area contributed by atoms with Crippen molar-refractivity contribution in [2.75, 3.05) is 7.05 Å². The molecule has 1 heterocycles. The summed E-state index contributed by atoms with van der Waals surface area (Å²) in [6.07, 6.45) is 5.96. The predicted molar refractivity (Wildman–Crippen MR) is 66.1 cm³/mol. The summed E-state index contributed by atoms with van der Waals surface area (Å²) < 4.78 is 0. The quantitative estimate of drug-likeness (QED) is 0.846. The number of H-pyrrole nitrogens is 1. The second-order valence-electron chi connectivity index (χ2n) is 4.75. The Morgan fingerprint density at radius 2 is 2.06 bits per heavy atom. The van der Waals surface area contributed by atoms with Gasteiger partial charge in [0.15, 0.2) is 5.43 Å². The van der Waals surface area contributed by atoms with Crippen molar-refractivity contribution < 1.29 is 4.79 Å². The third-order valence-corrected chi connectivity index (χ3v) is 3.48. The molecule has 1 aliphatic carbocycles. The number of rotatable bonds is 2. The lowest BCUT2D eigenvalue weighted by Crippen LogP contribution is -2.37. The zero-order valence-electron chi connectivity index (χ0n) is 10.3. The summed E-state index contributed by atoms with van der Waals surface area (Å²) in [5.74, 6) is -0.168. The molecule has 0 radical (unpaired) electrons. The van der Waals surface area contributed by atoms with Crippen LogP contribution in [0, 0.1) is 6.92 Å². The molecule has 1 aliphatic rings. The van der Waals surface area contributed by atoms with E-state index >= 15 is 0 Å². The number of aryl methyl sites for hydroxylation is 1. The van der Waals surface area contributed by atoms with E-state index in [1.165, 1.54) is 25.1 Å². The van der Waals surface area contributed by atoms with E-state index in [9.17, 15) is 9.59 Å². The van der Waals surface area contributed by atoms with Gasteiger partial charge in [-0.2, -0.15) is 0 Å². The van der Waals surface area contributed by atoms with Gasteiger partial charge in [0.05, 0.1) is 0 Å². The van der Waals surface area contributed by atoms with Crippen molar-refractivity contribution in [3.63, 3.8) is 0 Å². The number of carbonyl (C=O) groups excluding carboxylic acids is 1. The van der Waals surface area contributed by atoms with E-state index in [-0.39, 0.29) is 16.9 Å². The number of nitrogens with zero attached hydrogens (tertiary/aromatic N) is 1. The predicted octanol–water partition coefficient (Wildman–Crippen LogP) is 1.70. The van der Waals surface area contributed by atoms with E-state index in [0.717, 1.165) is 18.5 Å². The molecule has 1 aromatic rings. The number of hydrogen-bond acceptors (Lipinski definition) is 2. The van der Waals surface area contributed by atoms with Gasteiger partial charge in [0.1, 0.15) is 5.56 Å². The number of aromatic amines is 1. The van der Waals surface area contributed by atoms with Crippen molar-refractivity contribution in [3.05, 3.63) is 33.7 Å². The van der Waals surface area contributed by atoms with E-state index < -0.39 is 0 Å². The zero-order valence-corrected chi connectivity index (χ0v) is 10.3. The van der Waals surface area contributed by atoms with Crippen molar-refractivity contribution in [1.82, 2.24) is 9.88 Å². The molecule has 0 aromatic carbocycles. The highest BCUT2D eigenvalue weighted by molar-refractivity contribution is 5.93. The molecular formula is C13H18N2O2. The van der Waals surface area contributed by atoms with Gasteiger partial charge >= 0.3 is 0 Å². The topological polar surface area (TPSA) is 53.2 Å². The number of aromatic nitrogens is 1. The standard InChI is InChI=1S/C13H18N2O2/c1-9-7-12(16)11(8-14-9)13(17)15(2)10-5-3-4-6-10/h7-8,10H,3-6H2,1-2H3,(H,14,16). The lowest BCUT2D eigenvalue weighted by molar-refractivity contribution is 0.0733. The monoisotopic (exact) mass is 234 g/mol. The van der Waals surface area contributed by atoms with E-state index in [0.29, 0.717) is 6.04 Å². The first-order valence-corrected chi connectivity index (χ1v) is 6.06. The van der Waals surface area contributed by atoms with E-state index in [1.54, 1.807) is 18.9 Å². The highest BCUT2D eigenvalue weighted by Crippen LogP contribution is 2.23. The molecule has 2 rings (SSSR count). The third-order valence-electron chi connectivity index (χ3n) is 3.48. The molecule has 92 valence electrons. The normalized spacial score (nSPS) is 16.1. The highest BCUT2D eigenvalue weighted by atomic mass is 16.2. The first-order valence-electron chi connectivity index (χ1n) is 6.06. The van der Waals surface area contributed by atoms with Gasteiger partial charge in [0, 0.05) is 31.0 Å². The zero-order chi connectivity index (χ0) is 12.4. The Hall–Kier alpha value is -1.58. The molecule has 1 fully saturated rings. The minimum Gasteiger partial charge on any atom is -0.364 e. The van der Waals surface area contributed by atoms with Crippen LogP contribution in [0.4, 0.5) is 0 Å². The van der Waals surface area contributed by atoms with Gasteiger partial charge in [-0.3, -0.25) is 9.59 Å². The molecule has 0 atom stereocenters. The Bertz CT molecular complexity index is 473. The summed E-state index contributed by atoms with van der Waals surface area (Å²) in [5.41, 5.74) is 0.816. The first-order chi connectivity index (χ1) is 8.09. The van der Waals surface area contributed by atoms with Crippen LogP contribution in [0.25, 0.3) is 0 Å². The third kappa shape index (κ3) is 2.40. The van der Waals surface area contributed by atoms with Gasteiger partial charge in [-0.1, -0.05) is 12.8 Å². The molecule has 0 unspecified atom stereocenters. The van der Waals surface area contributed by atoms with Crippen LogP contribution >= 0.6 is 0 Å². The van der Waals surface area contributed by atoms with Gasteiger partial charge < -0.3 is 9.88 Å². The largest absolute Gasteiger partial charge is 0.364 e. The summed E-state index contributed by atoms with van der Waals surface area (Å²) in [6.45, 7) is 1.80. The maximum atomic E-state index is 12.2. The number of hydrogen-bond donors (Lipinski definition) is 1. The Kier molecular flexibility index (Phi) is 3.31. The van der Waals surface area contributed by atoms with Gasteiger partial charge in [0.2, 0.25) is 0 Å². The van der Waals surface area contributed by atoms with E-state index in [1.807, 2.05) is 0 Å². The fraction of sp³-hybridized carbons (Fsp3) is 0.538. The Balaban J connectivity index is 2.21. The molecular weight excluding hydrogens is 216 g/mol. The first kappa shape index (κ1) is 11.9. The molecule has 4 nitrogen and oxygen atoms in total. The Labute approximate surface area is 101 Å². The van der Waals surface area contributed by atoms with Crippen LogP contribution in [-0.4, -0.2) is 28.9 Å². The maximum absolute atomic E-state index is 12.2. The second-order valence-corrected chi connectivity index (χ2v) is 4.75. The van der Waals surface area contributed by atoms with Gasteiger partial charge in [0.25, 0.3) is 5.91 Å². The van der Waals surface area contributed by atoms with Gasteiger partial charge in [-0.25, -0.2) is 0 Å². The molecule has 4 heteroatoms. The Morgan fingerprint density at radius 1 is 1.41 bits per heavy atom. The number of carbonyl (C=O) groups is 1. The van der Waals surface area contributed by atoms with Crippen molar-refractivity contribution >= 4 is 5.91 Å². The van der Waals surface area contributed by atoms with Crippen LogP contribution in [0.2, 0.25) is 0 Å². The van der Waals surface area contributed by atoms with Crippen molar-refractivity contribution in [2.24, 2.45) is 0 Å². The Morgan fingerprint density at radius 3 is 2.65 bits per heavy atom. The highest BCUT2D eigenvalue weighted by Gasteiger charge is 2.25. The van der Waals surface area contributed by atoms with Gasteiger partial charge in [-0.15, -0.1) is 0 Å². The second kappa shape index (κ2) is 4.73. The van der Waals surface area contributed by atoms with Crippen LogP contribution in [0.15, 0.2) is 17.1 Å². The molecule has 17 heavy (non-hydrogen) atoms. The minimum atomic E-state index is -0.198. The molecule has 1 amide bonds. The summed E-state index contributed by atoms with van der Waals surface area (Å²) >= 11 is 0. The fourth-order valence-electron chi connectivity index (χ4n) is 2.39. The smallest absolute Gasteiger partial charge is 0.259 e. The molecule has 0 bridgehead atoms. The number of nitrogens with one attached hydrogen (secondary N) is 1. The maximum Gasteiger partial charge on any atom is 0.259 e. The summed E-state index contributed by atoms with van der Waals surface area (Å²) in [6, 6.07) is 1.76. The van der Waals surface area contributed by atoms with Crippen LogP contribution in [0.1, 0.15) is 41.7 Å². The van der Waals surface area contributed by atoms with Crippen LogP contribution in [0.5, 0.6) is 0 Å². The van der Waals surface area contributed by atoms with Crippen molar-refractivity contribution in [2.45, 2.75) is 38.6 Å². The average molecular weight is 234 g/mol. The van der Waals surface area contributed by atoms with Crippen LogP contribution in [-0.2, 0) is 0 Å². The average Bonchev–Trinajstić information content (AvgIpc) is 2.80. The fourth-order valence-corrected chi connectivity index (χ4v) is 2.39. The summed E-state index contributed by atoms with van der Waals surface area (Å²) in [5, 5.41) is 0. The number of amides is 1. The SMILES string of the molecule is Cc1cc(=O)c(C(=O)N(C)C2CCCC2)c[nH]1. The molecule has 1 N–H and O–H groups in total. The lowest BCUT2D eigenvalue weighted by atomic mass is 10.1. The van der Waals surface area contributed by atoms with Crippen molar-refractivity contribution in [3.8, 4) is 0 Å². The summed E-state index contributed by atoms with van der Waals surface area (Å²) in [7, 11) is 1.79. The van der Waals surface area contributed by atoms with Crippen LogP contribution in [0.3, 0.4) is 0 Å². The van der Waals surface area contributed by atoms with E-state index in [2.05, 4.69) is 4.98 Å². The molecule has 0 aliphatic heterocycles. The van der Waals surface area contributed by atoms with E-state index in [4.69, 9.17) is 0 Å². The minimum absolute atomic E-state index is 0.168. The molecule has 0 saturated heterocycles. The molecule has 0 spiro atoms. The molecule has 1 aromatic heterocycles. The van der Waals surface area contributed by atoms with Crippen molar-refractivity contribution in [1.29, 1.82) is 0 Å². The van der Waals surface area contributed by atoms with Crippen LogP contribution < -0.4 is 5.43 Å².